The maximum Gasteiger partial charge on any atom is 0.277 e. The van der Waals surface area contributed by atoms with Crippen molar-refractivity contribution < 1.29 is 4.79 Å². The molecule has 0 aliphatic carbocycles. The summed E-state index contributed by atoms with van der Waals surface area (Å²) in [6.07, 6.45) is 4.52. The number of aromatic amines is 1. The molecule has 8 nitrogen and oxygen atoms in total. The Morgan fingerprint density at radius 3 is 2.80 bits per heavy atom. The molecule has 0 spiro atoms. The number of hydrogen-bond donors (Lipinski definition) is 2. The number of amides is 1. The molecule has 8 heteroatoms. The Balaban J connectivity index is 1.65. The van der Waals surface area contributed by atoms with Gasteiger partial charge in [-0.2, -0.15) is 20.5 Å². The maximum absolute atomic E-state index is 11.8. The zero-order valence-electron chi connectivity index (χ0n) is 10.4. The fourth-order valence-corrected chi connectivity index (χ4v) is 1.70. The standard InChI is InChI=1S/C12H11N7O/c20-12(11-5-14-18-17-11)16-10-3-1-9(2-4-10)6-19-8-13-7-15-19/h1-5,7-8H,6H2,(H,16,20)(H,14,17,18). The molecule has 0 unspecified atom stereocenters. The fourth-order valence-electron chi connectivity index (χ4n) is 1.70. The summed E-state index contributed by atoms with van der Waals surface area (Å²) in [4.78, 5) is 15.6. The van der Waals surface area contributed by atoms with Gasteiger partial charge < -0.3 is 5.32 Å². The molecule has 0 aliphatic rings. The van der Waals surface area contributed by atoms with Gasteiger partial charge in [0.25, 0.3) is 5.91 Å². The van der Waals surface area contributed by atoms with Gasteiger partial charge in [-0.1, -0.05) is 12.1 Å². The van der Waals surface area contributed by atoms with Crippen molar-refractivity contribution in [1.29, 1.82) is 0 Å². The van der Waals surface area contributed by atoms with E-state index in [4.69, 9.17) is 0 Å². The van der Waals surface area contributed by atoms with Crippen LogP contribution in [0.3, 0.4) is 0 Å². The van der Waals surface area contributed by atoms with Crippen LogP contribution in [0.25, 0.3) is 0 Å². The van der Waals surface area contributed by atoms with Crippen LogP contribution in [-0.4, -0.2) is 36.1 Å². The fraction of sp³-hybridized carbons (Fsp3) is 0.0833. The van der Waals surface area contributed by atoms with E-state index in [1.165, 1.54) is 12.5 Å². The van der Waals surface area contributed by atoms with E-state index in [-0.39, 0.29) is 11.6 Å². The van der Waals surface area contributed by atoms with Gasteiger partial charge in [0.1, 0.15) is 12.7 Å². The highest BCUT2D eigenvalue weighted by molar-refractivity contribution is 6.02. The van der Waals surface area contributed by atoms with Crippen LogP contribution in [-0.2, 0) is 6.54 Å². The lowest BCUT2D eigenvalue weighted by Crippen LogP contribution is -2.12. The molecule has 0 saturated heterocycles. The second-order valence-electron chi connectivity index (χ2n) is 4.10. The first-order valence-corrected chi connectivity index (χ1v) is 5.90. The minimum Gasteiger partial charge on any atom is -0.321 e. The second-order valence-corrected chi connectivity index (χ2v) is 4.10. The van der Waals surface area contributed by atoms with Gasteiger partial charge in [0.2, 0.25) is 0 Å². The minimum atomic E-state index is -0.303. The van der Waals surface area contributed by atoms with Crippen molar-refractivity contribution in [1.82, 2.24) is 30.2 Å². The summed E-state index contributed by atoms with van der Waals surface area (Å²) in [7, 11) is 0. The molecule has 0 saturated carbocycles. The van der Waals surface area contributed by atoms with Crippen LogP contribution < -0.4 is 5.32 Å². The van der Waals surface area contributed by atoms with Gasteiger partial charge in [-0.3, -0.25) is 4.79 Å². The molecule has 100 valence electrons. The Morgan fingerprint density at radius 1 is 1.30 bits per heavy atom. The van der Waals surface area contributed by atoms with Gasteiger partial charge >= 0.3 is 0 Å². The average Bonchev–Trinajstić information content (AvgIpc) is 3.13. The molecule has 2 aromatic heterocycles. The molecule has 2 N–H and O–H groups in total. The molecule has 3 rings (SSSR count). The minimum absolute atomic E-state index is 0.247. The van der Waals surface area contributed by atoms with Crippen molar-refractivity contribution in [2.45, 2.75) is 6.54 Å². The van der Waals surface area contributed by atoms with E-state index in [1.54, 1.807) is 11.0 Å². The summed E-state index contributed by atoms with van der Waals surface area (Å²) < 4.78 is 1.73. The zero-order chi connectivity index (χ0) is 13.8. The third-order valence-corrected chi connectivity index (χ3v) is 2.67. The Kier molecular flexibility index (Phi) is 3.19. The molecule has 0 radical (unpaired) electrons. The van der Waals surface area contributed by atoms with Crippen molar-refractivity contribution in [3.63, 3.8) is 0 Å². The van der Waals surface area contributed by atoms with Crippen molar-refractivity contribution in [2.24, 2.45) is 0 Å². The Morgan fingerprint density at radius 2 is 2.15 bits per heavy atom. The number of hydrogen-bond acceptors (Lipinski definition) is 5. The number of anilines is 1. The Bertz CT molecular complexity index is 673. The van der Waals surface area contributed by atoms with Crippen molar-refractivity contribution in [3.8, 4) is 0 Å². The second kappa shape index (κ2) is 5.31. The number of nitrogens with zero attached hydrogens (tertiary/aromatic N) is 5. The van der Waals surface area contributed by atoms with E-state index in [0.29, 0.717) is 12.2 Å². The summed E-state index contributed by atoms with van der Waals surface area (Å²) in [5.41, 5.74) is 2.01. The number of aromatic nitrogens is 6. The summed E-state index contributed by atoms with van der Waals surface area (Å²) in [6.45, 7) is 0.636. The quantitative estimate of drug-likeness (QED) is 0.725. The third-order valence-electron chi connectivity index (χ3n) is 2.67. The number of rotatable bonds is 4. The Hall–Kier alpha value is -3.03. The molecule has 1 aromatic carbocycles. The van der Waals surface area contributed by atoms with E-state index < -0.39 is 0 Å². The molecule has 1 amide bonds. The first kappa shape index (κ1) is 12.0. The van der Waals surface area contributed by atoms with Gasteiger partial charge in [0, 0.05) is 5.69 Å². The smallest absolute Gasteiger partial charge is 0.277 e. The normalized spacial score (nSPS) is 10.4. The average molecular weight is 269 g/mol. The van der Waals surface area contributed by atoms with E-state index in [9.17, 15) is 4.79 Å². The highest BCUT2D eigenvalue weighted by Crippen LogP contribution is 2.11. The highest BCUT2D eigenvalue weighted by Gasteiger charge is 2.08. The molecule has 0 fully saturated rings. The predicted molar refractivity (Wildman–Crippen MR) is 69.9 cm³/mol. The van der Waals surface area contributed by atoms with Gasteiger partial charge in [-0.25, -0.2) is 9.67 Å². The first-order chi connectivity index (χ1) is 9.81. The van der Waals surface area contributed by atoms with Crippen LogP contribution in [0.5, 0.6) is 0 Å². The van der Waals surface area contributed by atoms with Crippen molar-refractivity contribution in [3.05, 3.63) is 54.4 Å². The first-order valence-electron chi connectivity index (χ1n) is 5.90. The molecule has 2 heterocycles. The molecular weight excluding hydrogens is 258 g/mol. The number of H-pyrrole nitrogens is 1. The van der Waals surface area contributed by atoms with E-state index >= 15 is 0 Å². The largest absolute Gasteiger partial charge is 0.321 e. The van der Waals surface area contributed by atoms with Crippen LogP contribution in [0.15, 0.2) is 43.1 Å². The van der Waals surface area contributed by atoms with Crippen molar-refractivity contribution in [2.75, 3.05) is 5.32 Å². The number of carbonyl (C=O) groups is 1. The number of carbonyl (C=O) groups excluding carboxylic acids is 1. The van der Waals surface area contributed by atoms with Gasteiger partial charge in [-0.15, -0.1) is 0 Å². The summed E-state index contributed by atoms with van der Waals surface area (Å²) >= 11 is 0. The lowest BCUT2D eigenvalue weighted by Gasteiger charge is -2.05. The SMILES string of the molecule is O=C(Nc1ccc(Cn2cncn2)cc1)c1cn[nH]n1. The van der Waals surface area contributed by atoms with Gasteiger partial charge in [0.05, 0.1) is 12.7 Å². The lowest BCUT2D eigenvalue weighted by atomic mass is 10.2. The van der Waals surface area contributed by atoms with Gasteiger partial charge in [-0.05, 0) is 17.7 Å². The molecular formula is C12H11N7O. The van der Waals surface area contributed by atoms with E-state index in [0.717, 1.165) is 5.56 Å². The lowest BCUT2D eigenvalue weighted by molar-refractivity contribution is 0.102. The third kappa shape index (κ3) is 2.69. The van der Waals surface area contributed by atoms with Crippen LogP contribution in [0, 0.1) is 0 Å². The molecule has 20 heavy (non-hydrogen) atoms. The van der Waals surface area contributed by atoms with Crippen LogP contribution in [0.4, 0.5) is 5.69 Å². The molecule has 0 aliphatic heterocycles. The molecule has 0 atom stereocenters. The molecule has 3 aromatic rings. The van der Waals surface area contributed by atoms with Crippen LogP contribution in [0.2, 0.25) is 0 Å². The van der Waals surface area contributed by atoms with Crippen LogP contribution in [0.1, 0.15) is 16.1 Å². The molecule has 0 bridgehead atoms. The van der Waals surface area contributed by atoms with Crippen LogP contribution >= 0.6 is 0 Å². The topological polar surface area (TPSA) is 101 Å². The number of benzene rings is 1. The maximum atomic E-state index is 11.8. The predicted octanol–water partition coefficient (Wildman–Crippen LogP) is 0.697. The monoisotopic (exact) mass is 269 g/mol. The van der Waals surface area contributed by atoms with E-state index in [1.807, 2.05) is 24.3 Å². The van der Waals surface area contributed by atoms with Gasteiger partial charge in [0.15, 0.2) is 5.69 Å². The Labute approximate surface area is 113 Å². The number of nitrogens with one attached hydrogen (secondary N) is 2. The zero-order valence-corrected chi connectivity index (χ0v) is 10.4. The summed E-state index contributed by atoms with van der Waals surface area (Å²) in [5.74, 6) is -0.303. The van der Waals surface area contributed by atoms with Crippen molar-refractivity contribution >= 4 is 11.6 Å². The summed E-state index contributed by atoms with van der Waals surface area (Å²) in [5, 5.41) is 16.5. The highest BCUT2D eigenvalue weighted by atomic mass is 16.2. The summed E-state index contributed by atoms with van der Waals surface area (Å²) in [6, 6.07) is 7.48. The van der Waals surface area contributed by atoms with E-state index in [2.05, 4.69) is 30.8 Å².